The normalized spacial score (nSPS) is 11.2. The first-order chi connectivity index (χ1) is 8.04. The van der Waals surface area contributed by atoms with E-state index in [0.717, 1.165) is 16.3 Å². The van der Waals surface area contributed by atoms with Crippen LogP contribution in [-0.2, 0) is 6.94 Å². The van der Waals surface area contributed by atoms with Crippen molar-refractivity contribution < 1.29 is 4.79 Å². The van der Waals surface area contributed by atoms with E-state index in [1.807, 2.05) is 36.4 Å². The first-order valence-corrected chi connectivity index (χ1v) is 7.09. The lowest BCUT2D eigenvalue weighted by molar-refractivity contribution is 0.565. The van der Waals surface area contributed by atoms with E-state index in [9.17, 15) is 4.79 Å². The highest BCUT2D eigenvalue weighted by atomic mass is 80.0. The summed E-state index contributed by atoms with van der Waals surface area (Å²) >= 11 is 10.3. The van der Waals surface area contributed by atoms with Gasteiger partial charge in [-0.2, -0.15) is 4.99 Å². The van der Waals surface area contributed by atoms with Gasteiger partial charge in [0.1, 0.15) is 0 Å². The van der Waals surface area contributed by atoms with Gasteiger partial charge >= 0.3 is 0 Å². The highest BCUT2D eigenvalue weighted by Gasteiger charge is 2.25. The minimum Gasteiger partial charge on any atom is -0.211 e. The van der Waals surface area contributed by atoms with E-state index < -0.39 is 2.14 Å². The lowest BCUT2D eigenvalue weighted by atomic mass is 10.1. The van der Waals surface area contributed by atoms with Crippen molar-refractivity contribution in [3.8, 4) is 0 Å². The molecule has 0 spiro atoms. The van der Waals surface area contributed by atoms with Gasteiger partial charge in [-0.05, 0) is 5.39 Å². The zero-order valence-corrected chi connectivity index (χ0v) is 13.2. The standard InChI is InChI=1S/C12H6Br3NO/c13-12(14,15)10-6-5-8-3-1-2-4-9(8)11(10)16-7-17/h1-6H. The van der Waals surface area contributed by atoms with Crippen LogP contribution in [0.15, 0.2) is 41.4 Å². The van der Waals surface area contributed by atoms with Crippen LogP contribution < -0.4 is 0 Å². The topological polar surface area (TPSA) is 29.4 Å². The fourth-order valence-electron chi connectivity index (χ4n) is 1.65. The predicted molar refractivity (Wildman–Crippen MR) is 80.2 cm³/mol. The number of fused-ring (bicyclic) bond motifs is 1. The summed E-state index contributed by atoms with van der Waals surface area (Å²) in [6, 6.07) is 11.6. The Kier molecular flexibility index (Phi) is 3.83. The zero-order valence-electron chi connectivity index (χ0n) is 8.45. The van der Waals surface area contributed by atoms with Gasteiger partial charge in [0.15, 0.2) is 2.14 Å². The lowest BCUT2D eigenvalue weighted by Gasteiger charge is -2.16. The summed E-state index contributed by atoms with van der Waals surface area (Å²) in [6.45, 7) is 0. The summed E-state index contributed by atoms with van der Waals surface area (Å²) in [7, 11) is 0. The van der Waals surface area contributed by atoms with Crippen molar-refractivity contribution in [3.05, 3.63) is 42.0 Å². The van der Waals surface area contributed by atoms with Gasteiger partial charge in [-0.3, -0.25) is 0 Å². The maximum atomic E-state index is 10.6. The van der Waals surface area contributed by atoms with Gasteiger partial charge in [0, 0.05) is 10.9 Å². The second kappa shape index (κ2) is 5.02. The molecule has 5 heteroatoms. The van der Waals surface area contributed by atoms with E-state index in [2.05, 4.69) is 52.8 Å². The van der Waals surface area contributed by atoms with E-state index >= 15 is 0 Å². The molecule has 2 nitrogen and oxygen atoms in total. The number of benzene rings is 2. The first-order valence-electron chi connectivity index (χ1n) is 4.71. The number of hydrogen-bond acceptors (Lipinski definition) is 2. The van der Waals surface area contributed by atoms with Gasteiger partial charge < -0.3 is 0 Å². The third kappa shape index (κ3) is 2.68. The van der Waals surface area contributed by atoms with Gasteiger partial charge in [-0.15, -0.1) is 0 Å². The number of alkyl halides is 3. The third-order valence-electron chi connectivity index (χ3n) is 2.36. The van der Waals surface area contributed by atoms with Crippen molar-refractivity contribution in [1.82, 2.24) is 0 Å². The van der Waals surface area contributed by atoms with E-state index in [4.69, 9.17) is 0 Å². The molecular weight excluding hydrogens is 414 g/mol. The van der Waals surface area contributed by atoms with Crippen LogP contribution in [0.4, 0.5) is 5.69 Å². The molecule has 0 atom stereocenters. The second-order valence-electron chi connectivity index (χ2n) is 3.38. The minimum atomic E-state index is -0.604. The van der Waals surface area contributed by atoms with Crippen molar-refractivity contribution in [2.45, 2.75) is 2.14 Å². The molecule has 2 aromatic carbocycles. The average molecular weight is 420 g/mol. The summed E-state index contributed by atoms with van der Waals surface area (Å²) in [6.07, 6.45) is 1.60. The molecule has 0 heterocycles. The number of rotatable bonds is 1. The SMILES string of the molecule is O=C=Nc1c(C(Br)(Br)Br)ccc2ccccc12. The Morgan fingerprint density at radius 2 is 1.76 bits per heavy atom. The Labute approximate surface area is 124 Å². The van der Waals surface area contributed by atoms with Crippen LogP contribution in [0, 0.1) is 0 Å². The van der Waals surface area contributed by atoms with E-state index in [0.29, 0.717) is 5.69 Å². The van der Waals surface area contributed by atoms with E-state index in [-0.39, 0.29) is 0 Å². The molecule has 0 radical (unpaired) electrons. The van der Waals surface area contributed by atoms with Crippen molar-refractivity contribution in [2.75, 3.05) is 0 Å². The zero-order chi connectivity index (χ0) is 12.5. The molecule has 0 saturated heterocycles. The number of nitrogens with zero attached hydrogens (tertiary/aromatic N) is 1. The molecule has 17 heavy (non-hydrogen) atoms. The van der Waals surface area contributed by atoms with E-state index in [1.165, 1.54) is 0 Å². The van der Waals surface area contributed by atoms with Crippen molar-refractivity contribution >= 4 is 70.3 Å². The van der Waals surface area contributed by atoms with Crippen LogP contribution in [0.25, 0.3) is 10.8 Å². The van der Waals surface area contributed by atoms with Crippen LogP contribution in [0.2, 0.25) is 0 Å². The molecule has 0 unspecified atom stereocenters. The molecule has 86 valence electrons. The van der Waals surface area contributed by atoms with Crippen molar-refractivity contribution in [3.63, 3.8) is 0 Å². The highest BCUT2D eigenvalue weighted by molar-refractivity contribution is 9.38. The van der Waals surface area contributed by atoms with Crippen LogP contribution in [0.5, 0.6) is 0 Å². The molecule has 0 bridgehead atoms. The number of aliphatic imine (C=N–C) groups is 1. The van der Waals surface area contributed by atoms with E-state index in [1.54, 1.807) is 6.08 Å². The number of hydrogen-bond donors (Lipinski definition) is 0. The molecule has 0 aromatic heterocycles. The van der Waals surface area contributed by atoms with Crippen LogP contribution in [0.3, 0.4) is 0 Å². The Hall–Kier alpha value is -0.480. The number of carbonyl (C=O) groups excluding carboxylic acids is 1. The molecule has 0 N–H and O–H groups in total. The molecule has 0 aliphatic heterocycles. The summed E-state index contributed by atoms with van der Waals surface area (Å²) in [5.74, 6) is 0. The maximum absolute atomic E-state index is 10.6. The Bertz CT molecular complexity index is 613. The van der Waals surface area contributed by atoms with Crippen LogP contribution in [-0.4, -0.2) is 6.08 Å². The monoisotopic (exact) mass is 417 g/mol. The summed E-state index contributed by atoms with van der Waals surface area (Å²) in [5.41, 5.74) is 1.42. The van der Waals surface area contributed by atoms with Gasteiger partial charge in [0.05, 0.1) is 5.69 Å². The van der Waals surface area contributed by atoms with Gasteiger partial charge in [0.25, 0.3) is 0 Å². The van der Waals surface area contributed by atoms with Gasteiger partial charge in [-0.1, -0.05) is 84.2 Å². The smallest absolute Gasteiger partial charge is 0.211 e. The summed E-state index contributed by atoms with van der Waals surface area (Å²) < 4.78 is -0.604. The quantitative estimate of drug-likeness (QED) is 0.359. The maximum Gasteiger partial charge on any atom is 0.240 e. The predicted octanol–water partition coefficient (Wildman–Crippen LogP) is 5.10. The highest BCUT2D eigenvalue weighted by Crippen LogP contribution is 2.49. The Morgan fingerprint density at radius 3 is 2.41 bits per heavy atom. The second-order valence-corrected chi connectivity index (χ2v) is 10.1. The minimum absolute atomic E-state index is 0.601. The average Bonchev–Trinajstić information content (AvgIpc) is 2.28. The first kappa shape index (κ1) is 13.0. The lowest BCUT2D eigenvalue weighted by Crippen LogP contribution is -1.98. The molecule has 0 amide bonds. The molecule has 0 fully saturated rings. The molecular formula is C12H6Br3NO. The largest absolute Gasteiger partial charge is 0.240 e. The molecule has 2 aromatic rings. The number of isocyanates is 1. The summed E-state index contributed by atoms with van der Waals surface area (Å²) in [4.78, 5) is 14.4. The molecule has 0 saturated carbocycles. The summed E-state index contributed by atoms with van der Waals surface area (Å²) in [5, 5.41) is 1.94. The van der Waals surface area contributed by atoms with Gasteiger partial charge in [-0.25, -0.2) is 4.79 Å². The fraction of sp³-hybridized carbons (Fsp3) is 0.0833. The van der Waals surface area contributed by atoms with Crippen molar-refractivity contribution in [2.24, 2.45) is 4.99 Å². The molecule has 0 aliphatic carbocycles. The Morgan fingerprint density at radius 1 is 1.06 bits per heavy atom. The van der Waals surface area contributed by atoms with Crippen LogP contribution >= 0.6 is 47.8 Å². The molecule has 0 aliphatic rings. The fourth-order valence-corrected chi connectivity index (χ4v) is 2.61. The third-order valence-corrected chi connectivity index (χ3v) is 3.64. The van der Waals surface area contributed by atoms with Gasteiger partial charge in [0.2, 0.25) is 6.08 Å². The Balaban J connectivity index is 2.87. The number of halogens is 3. The van der Waals surface area contributed by atoms with Crippen molar-refractivity contribution in [1.29, 1.82) is 0 Å². The molecule has 2 rings (SSSR count). The van der Waals surface area contributed by atoms with Crippen LogP contribution in [0.1, 0.15) is 5.56 Å².